The van der Waals surface area contributed by atoms with E-state index in [2.05, 4.69) is 58.2 Å². The predicted octanol–water partition coefficient (Wildman–Crippen LogP) is 3.49. The quantitative estimate of drug-likeness (QED) is 0.631. The van der Waals surface area contributed by atoms with Crippen LogP contribution in [0.4, 0.5) is 0 Å². The van der Waals surface area contributed by atoms with Crippen LogP contribution in [0.1, 0.15) is 36.3 Å². The highest BCUT2D eigenvalue weighted by Gasteiger charge is 2.46. The Balaban J connectivity index is 1.88. The average molecular weight is 393 g/mol. The number of fused-ring (bicyclic) bond motifs is 2. The van der Waals surface area contributed by atoms with Crippen LogP contribution in [0.25, 0.3) is 6.08 Å². The topological polar surface area (TPSA) is 38.3 Å². The Labute approximate surface area is 139 Å². The largest absolute Gasteiger partial charge is 0.469 e. The fourth-order valence-electron chi connectivity index (χ4n) is 3.79. The van der Waals surface area contributed by atoms with Crippen molar-refractivity contribution >= 4 is 34.6 Å². The molecular formula is C17H20INO2. The highest BCUT2D eigenvalue weighted by Crippen LogP contribution is 2.42. The molecule has 21 heavy (non-hydrogen) atoms. The molecule has 3 rings (SSSR count). The lowest BCUT2D eigenvalue weighted by Crippen LogP contribution is -2.48. The van der Waals surface area contributed by atoms with Gasteiger partial charge < -0.3 is 10.1 Å². The summed E-state index contributed by atoms with van der Waals surface area (Å²) in [5.74, 6) is 0.141. The summed E-state index contributed by atoms with van der Waals surface area (Å²) in [6.45, 7) is 0. The molecule has 2 aliphatic heterocycles. The van der Waals surface area contributed by atoms with E-state index in [-0.39, 0.29) is 23.8 Å². The molecule has 2 saturated heterocycles. The van der Waals surface area contributed by atoms with Gasteiger partial charge in [-0.3, -0.25) is 4.79 Å². The molecule has 4 heteroatoms. The lowest BCUT2D eigenvalue weighted by molar-refractivity contribution is -0.148. The summed E-state index contributed by atoms with van der Waals surface area (Å²) in [4.78, 5) is 12.2. The van der Waals surface area contributed by atoms with E-state index < -0.39 is 0 Å². The number of esters is 1. The number of carbonyl (C=O) groups is 1. The molecule has 1 aromatic carbocycles. The monoisotopic (exact) mass is 393 g/mol. The maximum absolute atomic E-state index is 12.2. The van der Waals surface area contributed by atoms with E-state index >= 15 is 0 Å². The van der Waals surface area contributed by atoms with Crippen LogP contribution in [0.5, 0.6) is 0 Å². The van der Waals surface area contributed by atoms with Gasteiger partial charge in [-0.1, -0.05) is 46.9 Å². The van der Waals surface area contributed by atoms with Crippen molar-refractivity contribution in [3.05, 3.63) is 39.5 Å². The third-order valence-corrected chi connectivity index (χ3v) is 5.13. The molecule has 0 amide bonds. The van der Waals surface area contributed by atoms with Crippen molar-refractivity contribution in [2.45, 2.75) is 37.3 Å². The normalized spacial score (nSPS) is 31.5. The molecule has 2 heterocycles. The van der Waals surface area contributed by atoms with Gasteiger partial charge in [0.05, 0.1) is 13.0 Å². The van der Waals surface area contributed by atoms with Gasteiger partial charge in [-0.25, -0.2) is 0 Å². The highest BCUT2D eigenvalue weighted by atomic mass is 123. The number of rotatable bonds is 3. The second kappa shape index (κ2) is 6.48. The predicted molar refractivity (Wildman–Crippen MR) is 92.3 cm³/mol. The Morgan fingerprint density at radius 2 is 2.10 bits per heavy atom. The molecule has 1 N–H and O–H groups in total. The number of methoxy groups -OCH3 is 1. The fraction of sp³-hybridized carbons (Fsp3) is 0.471. The summed E-state index contributed by atoms with van der Waals surface area (Å²) in [5.41, 5.74) is 2.45. The molecule has 2 aliphatic rings. The molecule has 0 aliphatic carbocycles. The van der Waals surface area contributed by atoms with Gasteiger partial charge in [0.2, 0.25) is 0 Å². The molecule has 4 atom stereocenters. The number of hydrogen-bond donors (Lipinski definition) is 1. The van der Waals surface area contributed by atoms with Gasteiger partial charge in [0, 0.05) is 18.0 Å². The molecular weight excluding hydrogens is 373 g/mol. The van der Waals surface area contributed by atoms with Gasteiger partial charge >= 0.3 is 5.97 Å². The summed E-state index contributed by atoms with van der Waals surface area (Å²) in [7, 11) is 1.49. The number of ether oxygens (including phenoxy) is 1. The Kier molecular flexibility index (Phi) is 4.64. The molecule has 0 spiro atoms. The molecule has 2 bridgehead atoms. The number of halogens is 1. The van der Waals surface area contributed by atoms with Crippen LogP contribution >= 0.6 is 22.6 Å². The second-order valence-corrected chi connectivity index (χ2v) is 6.62. The van der Waals surface area contributed by atoms with Gasteiger partial charge in [0.15, 0.2) is 0 Å². The third kappa shape index (κ3) is 3.01. The fourth-order valence-corrected chi connectivity index (χ4v) is 4.20. The van der Waals surface area contributed by atoms with Crippen molar-refractivity contribution in [3.8, 4) is 0 Å². The molecule has 1 aromatic rings. The smallest absolute Gasteiger partial charge is 0.310 e. The van der Waals surface area contributed by atoms with Crippen molar-refractivity contribution in [1.29, 1.82) is 0 Å². The van der Waals surface area contributed by atoms with Crippen molar-refractivity contribution in [2.24, 2.45) is 5.92 Å². The van der Waals surface area contributed by atoms with Crippen molar-refractivity contribution < 1.29 is 9.53 Å². The van der Waals surface area contributed by atoms with Crippen LogP contribution in [-0.4, -0.2) is 25.2 Å². The maximum atomic E-state index is 12.2. The maximum Gasteiger partial charge on any atom is 0.310 e. The first kappa shape index (κ1) is 15.0. The number of hydrogen-bond acceptors (Lipinski definition) is 3. The van der Waals surface area contributed by atoms with Crippen molar-refractivity contribution in [3.63, 3.8) is 0 Å². The minimum absolute atomic E-state index is 0.0558. The molecule has 112 valence electrons. The first-order valence-corrected chi connectivity index (χ1v) is 8.68. The van der Waals surface area contributed by atoms with Crippen LogP contribution in [0.15, 0.2) is 28.3 Å². The van der Waals surface area contributed by atoms with E-state index in [1.807, 2.05) is 4.08 Å². The van der Waals surface area contributed by atoms with E-state index in [9.17, 15) is 4.79 Å². The van der Waals surface area contributed by atoms with E-state index in [1.165, 1.54) is 24.7 Å². The van der Waals surface area contributed by atoms with Crippen molar-refractivity contribution in [2.75, 3.05) is 7.11 Å². The number of benzene rings is 1. The lowest BCUT2D eigenvalue weighted by atomic mass is 9.77. The van der Waals surface area contributed by atoms with Crippen LogP contribution in [0.2, 0.25) is 0 Å². The third-order valence-electron chi connectivity index (χ3n) is 4.77. The molecule has 0 aromatic heterocycles. The summed E-state index contributed by atoms with van der Waals surface area (Å²) < 4.78 is 7.07. The minimum Gasteiger partial charge on any atom is -0.469 e. The zero-order valence-electron chi connectivity index (χ0n) is 12.1. The van der Waals surface area contributed by atoms with Gasteiger partial charge in [-0.15, -0.1) is 0 Å². The standard InChI is InChI=1S/C17H20INO2/c1-21-17(20)16-14(10-13-6-7-15(16)19-13)12-4-2-11(3-5-12)8-9-18/h2-5,8-9,13-16,19H,6-7,10H2,1H3/b9-8-/i18-4. The zero-order valence-corrected chi connectivity index (χ0v) is 14.2. The van der Waals surface area contributed by atoms with Gasteiger partial charge in [0.25, 0.3) is 0 Å². The van der Waals surface area contributed by atoms with Gasteiger partial charge in [-0.2, -0.15) is 0 Å². The van der Waals surface area contributed by atoms with E-state index in [0.29, 0.717) is 6.04 Å². The highest BCUT2D eigenvalue weighted by molar-refractivity contribution is 14.1. The van der Waals surface area contributed by atoms with Gasteiger partial charge in [-0.05, 0) is 40.5 Å². The summed E-state index contributed by atoms with van der Waals surface area (Å²) >= 11 is 2.22. The zero-order chi connectivity index (χ0) is 14.8. The molecule has 2 fully saturated rings. The Hall–Kier alpha value is -0.880. The van der Waals surface area contributed by atoms with Crippen LogP contribution < -0.4 is 5.32 Å². The van der Waals surface area contributed by atoms with Crippen molar-refractivity contribution in [1.82, 2.24) is 5.32 Å². The minimum atomic E-state index is -0.0749. The Morgan fingerprint density at radius 1 is 1.33 bits per heavy atom. The first-order valence-electron chi connectivity index (χ1n) is 7.43. The van der Waals surface area contributed by atoms with E-state index in [0.717, 1.165) is 12.8 Å². The van der Waals surface area contributed by atoms with E-state index in [1.54, 1.807) is 0 Å². The van der Waals surface area contributed by atoms with Crippen LogP contribution in [0, 0.1) is 5.92 Å². The second-order valence-electron chi connectivity index (χ2n) is 5.90. The molecule has 0 radical (unpaired) electrons. The number of carbonyl (C=O) groups excluding carboxylic acids is 1. The number of piperidine rings is 1. The Morgan fingerprint density at radius 3 is 2.76 bits per heavy atom. The molecule has 4 unspecified atom stereocenters. The summed E-state index contributed by atoms with van der Waals surface area (Å²) in [5, 5.41) is 3.57. The average Bonchev–Trinajstić information content (AvgIpc) is 2.89. The first-order chi connectivity index (χ1) is 10.2. The summed E-state index contributed by atoms with van der Waals surface area (Å²) in [6, 6.07) is 9.41. The van der Waals surface area contributed by atoms with Gasteiger partial charge in [0.1, 0.15) is 0 Å². The van der Waals surface area contributed by atoms with E-state index in [4.69, 9.17) is 4.74 Å². The Bertz CT molecular complexity index is 540. The van der Waals surface area contributed by atoms with Crippen LogP contribution in [0.3, 0.4) is 0 Å². The molecule has 0 saturated carbocycles. The summed E-state index contributed by atoms with van der Waals surface area (Å²) in [6.07, 6.45) is 5.35. The lowest BCUT2D eigenvalue weighted by Gasteiger charge is -2.36. The number of nitrogens with one attached hydrogen (secondary N) is 1. The SMILES string of the molecule is COC(=O)C1C2CCC(CC1c1ccc(/C=C\[123I])cc1)N2. The molecule has 3 nitrogen and oxygen atoms in total. The van der Waals surface area contributed by atoms with Crippen LogP contribution in [-0.2, 0) is 9.53 Å².